The second kappa shape index (κ2) is 6.99. The minimum atomic E-state index is -4.39. The smallest absolute Gasteiger partial charge is 0.352 e. The summed E-state index contributed by atoms with van der Waals surface area (Å²) < 4.78 is 60.6. The minimum Gasteiger partial charge on any atom is -0.352 e. The molecule has 1 amide bonds. The van der Waals surface area contributed by atoms with Gasteiger partial charge in [-0.05, 0) is 18.6 Å². The topological polar surface area (TPSA) is 76.1 Å². The van der Waals surface area contributed by atoms with Gasteiger partial charge in [0, 0.05) is 17.0 Å². The van der Waals surface area contributed by atoms with Crippen LogP contribution in [-0.4, -0.2) is 36.9 Å². The molecule has 1 N–H and O–H groups in total. The van der Waals surface area contributed by atoms with Crippen LogP contribution >= 0.6 is 11.3 Å². The first-order valence-electron chi connectivity index (χ1n) is 7.74. The van der Waals surface area contributed by atoms with E-state index in [1.165, 1.54) is 23.5 Å². The van der Waals surface area contributed by atoms with E-state index in [2.05, 4.69) is 10.3 Å². The summed E-state index contributed by atoms with van der Waals surface area (Å²) in [7, 11) is -3.07. The molecule has 1 aliphatic heterocycles. The number of sulfone groups is 1. The number of thiazole rings is 1. The Kier molecular flexibility index (Phi) is 5.07. The minimum absolute atomic E-state index is 0.00627. The number of carbonyl (C=O) groups is 1. The first-order chi connectivity index (χ1) is 12.1. The van der Waals surface area contributed by atoms with Gasteiger partial charge in [-0.1, -0.05) is 12.1 Å². The van der Waals surface area contributed by atoms with E-state index in [4.69, 9.17) is 0 Å². The van der Waals surface area contributed by atoms with Crippen LogP contribution in [0.3, 0.4) is 0 Å². The Morgan fingerprint density at radius 2 is 1.96 bits per heavy atom. The Morgan fingerprint density at radius 1 is 1.27 bits per heavy atom. The summed E-state index contributed by atoms with van der Waals surface area (Å²) in [6.45, 7) is 0. The number of nitrogens with zero attached hydrogens (tertiary/aromatic N) is 1. The maximum atomic E-state index is 12.6. The molecule has 26 heavy (non-hydrogen) atoms. The average Bonchev–Trinajstić information content (AvgIpc) is 3.13. The molecule has 1 fully saturated rings. The Labute approximate surface area is 152 Å². The molecule has 2 heterocycles. The van der Waals surface area contributed by atoms with Crippen molar-refractivity contribution in [3.05, 3.63) is 40.9 Å². The van der Waals surface area contributed by atoms with Gasteiger partial charge in [-0.25, -0.2) is 13.4 Å². The SMILES string of the molecule is O=C(Cc1csc(-c2ccc(C(F)(F)F)cc2)n1)NC1CCS(=O)(=O)C1. The van der Waals surface area contributed by atoms with Crippen molar-refractivity contribution < 1.29 is 26.4 Å². The summed E-state index contributed by atoms with van der Waals surface area (Å²) in [4.78, 5) is 16.3. The molecular formula is C16H15F3N2O3S2. The number of nitrogens with one attached hydrogen (secondary N) is 1. The van der Waals surface area contributed by atoms with Crippen LogP contribution in [0.2, 0.25) is 0 Å². The largest absolute Gasteiger partial charge is 0.416 e. The van der Waals surface area contributed by atoms with Crippen LogP contribution in [-0.2, 0) is 27.2 Å². The highest BCUT2D eigenvalue weighted by molar-refractivity contribution is 7.91. The highest BCUT2D eigenvalue weighted by Crippen LogP contribution is 2.31. The van der Waals surface area contributed by atoms with Gasteiger partial charge in [0.15, 0.2) is 9.84 Å². The van der Waals surface area contributed by atoms with Gasteiger partial charge >= 0.3 is 6.18 Å². The standard InChI is InChI=1S/C16H15F3N2O3S2/c17-16(18,19)11-3-1-10(2-4-11)15-21-13(8-25-15)7-14(22)20-12-5-6-26(23,24)9-12/h1-4,8,12H,5-7,9H2,(H,20,22). The molecule has 140 valence electrons. The van der Waals surface area contributed by atoms with Gasteiger partial charge in [-0.3, -0.25) is 4.79 Å². The van der Waals surface area contributed by atoms with Gasteiger partial charge in [-0.15, -0.1) is 11.3 Å². The van der Waals surface area contributed by atoms with Gasteiger partial charge in [-0.2, -0.15) is 13.2 Å². The fourth-order valence-corrected chi connectivity index (χ4v) is 5.17. The Bertz CT molecular complexity index is 906. The van der Waals surface area contributed by atoms with Crippen molar-refractivity contribution >= 4 is 27.1 Å². The van der Waals surface area contributed by atoms with Gasteiger partial charge in [0.25, 0.3) is 0 Å². The van der Waals surface area contributed by atoms with E-state index < -0.39 is 21.6 Å². The molecule has 1 aromatic carbocycles. The lowest BCUT2D eigenvalue weighted by Gasteiger charge is -2.09. The molecular weight excluding hydrogens is 389 g/mol. The Morgan fingerprint density at radius 3 is 2.54 bits per heavy atom. The van der Waals surface area contributed by atoms with Gasteiger partial charge in [0.1, 0.15) is 5.01 Å². The second-order valence-corrected chi connectivity index (χ2v) is 9.15. The van der Waals surface area contributed by atoms with Crippen molar-refractivity contribution in [1.82, 2.24) is 10.3 Å². The summed E-state index contributed by atoms with van der Waals surface area (Å²) in [5.41, 5.74) is 0.295. The molecule has 1 aromatic heterocycles. The monoisotopic (exact) mass is 404 g/mol. The van der Waals surface area contributed by atoms with Crippen molar-refractivity contribution in [3.8, 4) is 10.6 Å². The van der Waals surface area contributed by atoms with E-state index in [1.807, 2.05) is 0 Å². The predicted octanol–water partition coefficient (Wildman–Crippen LogP) is 2.67. The van der Waals surface area contributed by atoms with Crippen molar-refractivity contribution in [1.29, 1.82) is 0 Å². The first-order valence-corrected chi connectivity index (χ1v) is 10.4. The predicted molar refractivity (Wildman–Crippen MR) is 91.5 cm³/mol. The zero-order valence-electron chi connectivity index (χ0n) is 13.4. The molecule has 0 spiro atoms. The third kappa shape index (κ3) is 4.61. The molecule has 0 aliphatic carbocycles. The van der Waals surface area contributed by atoms with Crippen molar-refractivity contribution in [2.45, 2.75) is 25.1 Å². The van der Waals surface area contributed by atoms with E-state index in [-0.39, 0.29) is 29.9 Å². The van der Waals surface area contributed by atoms with Gasteiger partial charge < -0.3 is 5.32 Å². The van der Waals surface area contributed by atoms with Gasteiger partial charge in [0.05, 0.1) is 29.2 Å². The van der Waals surface area contributed by atoms with Crippen LogP contribution in [0, 0.1) is 0 Å². The highest BCUT2D eigenvalue weighted by atomic mass is 32.2. The maximum absolute atomic E-state index is 12.6. The number of hydrogen-bond donors (Lipinski definition) is 1. The number of aromatic nitrogens is 1. The molecule has 1 atom stereocenters. The van der Waals surface area contributed by atoms with Crippen molar-refractivity contribution in [2.75, 3.05) is 11.5 Å². The quantitative estimate of drug-likeness (QED) is 0.850. The number of rotatable bonds is 4. The fourth-order valence-electron chi connectivity index (χ4n) is 2.67. The van der Waals surface area contributed by atoms with Crippen LogP contribution in [0.4, 0.5) is 13.2 Å². The average molecular weight is 404 g/mol. The molecule has 2 aromatic rings. The number of carbonyl (C=O) groups excluding carboxylic acids is 1. The lowest BCUT2D eigenvalue weighted by molar-refractivity contribution is -0.137. The van der Waals surface area contributed by atoms with E-state index in [1.54, 1.807) is 5.38 Å². The lowest BCUT2D eigenvalue weighted by atomic mass is 10.1. The fraction of sp³-hybridized carbons (Fsp3) is 0.375. The van der Waals surface area contributed by atoms with E-state index in [0.717, 1.165) is 12.1 Å². The third-order valence-electron chi connectivity index (χ3n) is 3.95. The molecule has 10 heteroatoms. The van der Waals surface area contributed by atoms with Crippen LogP contribution in [0.1, 0.15) is 17.7 Å². The lowest BCUT2D eigenvalue weighted by Crippen LogP contribution is -2.36. The molecule has 1 aliphatic rings. The first kappa shape index (κ1) is 18.8. The van der Waals surface area contributed by atoms with Crippen LogP contribution in [0.15, 0.2) is 29.6 Å². The summed E-state index contributed by atoms with van der Waals surface area (Å²) in [5.74, 6) is -0.296. The molecule has 1 saturated heterocycles. The van der Waals surface area contributed by atoms with E-state index in [0.29, 0.717) is 22.7 Å². The third-order valence-corrected chi connectivity index (χ3v) is 6.66. The highest BCUT2D eigenvalue weighted by Gasteiger charge is 2.30. The van der Waals surface area contributed by atoms with Crippen molar-refractivity contribution in [3.63, 3.8) is 0 Å². The summed E-state index contributed by atoms with van der Waals surface area (Å²) >= 11 is 1.23. The van der Waals surface area contributed by atoms with Crippen molar-refractivity contribution in [2.24, 2.45) is 0 Å². The number of amides is 1. The molecule has 1 unspecified atom stereocenters. The summed E-state index contributed by atoms with van der Waals surface area (Å²) in [6.07, 6.45) is -3.99. The van der Waals surface area contributed by atoms with Crippen LogP contribution in [0.25, 0.3) is 10.6 Å². The van der Waals surface area contributed by atoms with Crippen LogP contribution < -0.4 is 5.32 Å². The number of alkyl halides is 3. The summed E-state index contributed by atoms with van der Waals surface area (Å²) in [6, 6.07) is 4.29. The zero-order valence-corrected chi connectivity index (χ0v) is 15.0. The Balaban J connectivity index is 1.62. The maximum Gasteiger partial charge on any atom is 0.416 e. The van der Waals surface area contributed by atoms with Gasteiger partial charge in [0.2, 0.25) is 5.91 Å². The molecule has 0 bridgehead atoms. The number of hydrogen-bond acceptors (Lipinski definition) is 5. The van der Waals surface area contributed by atoms with E-state index >= 15 is 0 Å². The molecule has 0 saturated carbocycles. The molecule has 5 nitrogen and oxygen atoms in total. The molecule has 0 radical (unpaired) electrons. The van der Waals surface area contributed by atoms with E-state index in [9.17, 15) is 26.4 Å². The Hall–Kier alpha value is -1.94. The number of benzene rings is 1. The van der Waals surface area contributed by atoms with Crippen LogP contribution in [0.5, 0.6) is 0 Å². The zero-order chi connectivity index (χ0) is 18.9. The number of halogens is 3. The summed E-state index contributed by atoms with van der Waals surface area (Å²) in [5, 5.41) is 4.86. The second-order valence-electron chi connectivity index (χ2n) is 6.06. The molecule has 3 rings (SSSR count). The normalized spacial score (nSPS) is 19.4.